The average molecular weight is 273 g/mol. The summed E-state index contributed by atoms with van der Waals surface area (Å²) in [5.74, 6) is -0.171. The Kier molecular flexibility index (Phi) is 4.24. The summed E-state index contributed by atoms with van der Waals surface area (Å²) in [5, 5.41) is 22.6. The Labute approximate surface area is 94.8 Å². The normalized spacial score (nSPS) is 9.87. The molecule has 0 aliphatic rings. The van der Waals surface area contributed by atoms with E-state index in [1.165, 1.54) is 4.68 Å². The lowest BCUT2D eigenvalue weighted by Crippen LogP contribution is -1.99. The van der Waals surface area contributed by atoms with Crippen molar-refractivity contribution in [2.45, 2.75) is 25.8 Å². The number of nitrogens with zero attached hydrogens (tertiary/aromatic N) is 4. The third-order valence-electron chi connectivity index (χ3n) is 1.80. The lowest BCUT2D eigenvalue weighted by atomic mass is 10.2. The van der Waals surface area contributed by atoms with E-state index in [4.69, 9.17) is 5.26 Å². The average Bonchev–Trinajstić information content (AvgIpc) is 2.55. The van der Waals surface area contributed by atoms with Crippen molar-refractivity contribution in [2.24, 2.45) is 0 Å². The summed E-state index contributed by atoms with van der Waals surface area (Å²) in [4.78, 5) is 9.94. The molecule has 80 valence electrons. The van der Waals surface area contributed by atoms with E-state index < -0.39 is 4.92 Å². The zero-order valence-corrected chi connectivity index (χ0v) is 9.48. The molecule has 0 spiro atoms. The third-order valence-corrected chi connectivity index (χ3v) is 2.36. The molecule has 0 N–H and O–H groups in total. The molecular formula is C8H9BrN4O2. The van der Waals surface area contributed by atoms with Crippen molar-refractivity contribution in [1.82, 2.24) is 9.78 Å². The Bertz CT molecular complexity index is 396. The monoisotopic (exact) mass is 272 g/mol. The second kappa shape index (κ2) is 5.46. The van der Waals surface area contributed by atoms with Gasteiger partial charge in [-0.1, -0.05) is 0 Å². The van der Waals surface area contributed by atoms with Gasteiger partial charge in [0.2, 0.25) is 0 Å². The van der Waals surface area contributed by atoms with Gasteiger partial charge in [-0.2, -0.15) is 9.94 Å². The molecule has 0 saturated heterocycles. The van der Waals surface area contributed by atoms with E-state index in [9.17, 15) is 10.1 Å². The minimum atomic E-state index is -0.532. The topological polar surface area (TPSA) is 84.8 Å². The molecule has 1 aromatic rings. The van der Waals surface area contributed by atoms with E-state index in [0.29, 0.717) is 17.4 Å². The largest absolute Gasteiger partial charge is 0.404 e. The number of halogens is 1. The highest BCUT2D eigenvalue weighted by atomic mass is 79.9. The number of nitro groups is 1. The third kappa shape index (κ3) is 3.32. The summed E-state index contributed by atoms with van der Waals surface area (Å²) in [7, 11) is 0. The van der Waals surface area contributed by atoms with Gasteiger partial charge in [0.05, 0.1) is 23.9 Å². The lowest BCUT2D eigenvalue weighted by Gasteiger charge is -1.93. The van der Waals surface area contributed by atoms with Crippen molar-refractivity contribution in [3.05, 3.63) is 20.8 Å². The molecule has 0 radical (unpaired) electrons. The fourth-order valence-electron chi connectivity index (χ4n) is 1.10. The fourth-order valence-corrected chi connectivity index (χ4v) is 1.56. The minimum absolute atomic E-state index is 0.171. The molecule has 0 atom stereocenters. The van der Waals surface area contributed by atoms with E-state index in [1.807, 2.05) is 6.07 Å². The summed E-state index contributed by atoms with van der Waals surface area (Å²) in [6, 6.07) is 2.04. The van der Waals surface area contributed by atoms with Crippen molar-refractivity contribution in [2.75, 3.05) is 0 Å². The Morgan fingerprint density at radius 2 is 2.40 bits per heavy atom. The maximum Gasteiger partial charge on any atom is 0.404 e. The van der Waals surface area contributed by atoms with E-state index in [1.54, 1.807) is 6.20 Å². The maximum absolute atomic E-state index is 10.5. The molecule has 0 saturated carbocycles. The molecule has 0 fully saturated rings. The molecule has 0 bridgehead atoms. The molecular weight excluding hydrogens is 264 g/mol. The van der Waals surface area contributed by atoms with E-state index in [2.05, 4.69) is 21.0 Å². The van der Waals surface area contributed by atoms with E-state index >= 15 is 0 Å². The molecule has 0 aromatic carbocycles. The van der Waals surface area contributed by atoms with Crippen molar-refractivity contribution in [3.8, 4) is 6.07 Å². The van der Waals surface area contributed by atoms with Gasteiger partial charge in [-0.25, -0.2) is 0 Å². The van der Waals surface area contributed by atoms with Crippen LogP contribution in [0.4, 0.5) is 5.82 Å². The van der Waals surface area contributed by atoms with Gasteiger partial charge in [0, 0.05) is 6.42 Å². The van der Waals surface area contributed by atoms with Gasteiger partial charge in [-0.05, 0) is 33.7 Å². The van der Waals surface area contributed by atoms with Gasteiger partial charge in [-0.3, -0.25) is 0 Å². The van der Waals surface area contributed by atoms with Gasteiger partial charge in [0.25, 0.3) is 0 Å². The van der Waals surface area contributed by atoms with Crippen LogP contribution in [0.15, 0.2) is 10.7 Å². The van der Waals surface area contributed by atoms with Crippen LogP contribution in [0.25, 0.3) is 0 Å². The summed E-state index contributed by atoms with van der Waals surface area (Å²) in [5.41, 5.74) is 0. The smallest absolute Gasteiger partial charge is 0.358 e. The number of hydrogen-bond acceptors (Lipinski definition) is 4. The SMILES string of the molecule is N#CCCCCn1cc(Br)c([N+](=O)[O-])n1. The van der Waals surface area contributed by atoms with Crippen molar-refractivity contribution in [1.29, 1.82) is 5.26 Å². The number of aryl methyl sites for hydroxylation is 1. The van der Waals surface area contributed by atoms with Crippen LogP contribution in [0.2, 0.25) is 0 Å². The van der Waals surface area contributed by atoms with Crippen molar-refractivity contribution < 1.29 is 4.92 Å². The second-order valence-electron chi connectivity index (χ2n) is 2.94. The molecule has 1 heterocycles. The van der Waals surface area contributed by atoms with Gasteiger partial charge >= 0.3 is 5.82 Å². The zero-order valence-electron chi connectivity index (χ0n) is 7.89. The van der Waals surface area contributed by atoms with Gasteiger partial charge in [0.1, 0.15) is 4.47 Å². The quantitative estimate of drug-likeness (QED) is 0.467. The highest BCUT2D eigenvalue weighted by molar-refractivity contribution is 9.10. The molecule has 1 rings (SSSR count). The first-order valence-electron chi connectivity index (χ1n) is 4.39. The standard InChI is InChI=1S/C8H9BrN4O2/c9-7-6-12(5-3-1-2-4-10)11-8(7)13(14)15/h6H,1-3,5H2. The molecule has 0 aliphatic carbocycles. The summed E-state index contributed by atoms with van der Waals surface area (Å²) >= 11 is 3.06. The number of unbranched alkanes of at least 4 members (excludes halogenated alkanes) is 2. The van der Waals surface area contributed by atoms with Crippen LogP contribution >= 0.6 is 15.9 Å². The number of nitriles is 1. The second-order valence-corrected chi connectivity index (χ2v) is 3.79. The summed E-state index contributed by atoms with van der Waals surface area (Å²) < 4.78 is 1.90. The number of rotatable bonds is 5. The highest BCUT2D eigenvalue weighted by Gasteiger charge is 2.17. The highest BCUT2D eigenvalue weighted by Crippen LogP contribution is 2.22. The first kappa shape index (κ1) is 11.7. The van der Waals surface area contributed by atoms with E-state index in [0.717, 1.165) is 12.8 Å². The first-order valence-corrected chi connectivity index (χ1v) is 5.18. The van der Waals surface area contributed by atoms with Crippen LogP contribution in [0, 0.1) is 21.4 Å². The van der Waals surface area contributed by atoms with E-state index in [-0.39, 0.29) is 5.82 Å². The van der Waals surface area contributed by atoms with Crippen LogP contribution in [-0.2, 0) is 6.54 Å². The number of aromatic nitrogens is 2. The van der Waals surface area contributed by atoms with Crippen LogP contribution in [0.5, 0.6) is 0 Å². The van der Waals surface area contributed by atoms with Crippen LogP contribution < -0.4 is 0 Å². The predicted molar refractivity (Wildman–Crippen MR) is 56.0 cm³/mol. The molecule has 0 amide bonds. The Hall–Kier alpha value is -1.42. The van der Waals surface area contributed by atoms with Gasteiger partial charge < -0.3 is 10.1 Å². The minimum Gasteiger partial charge on any atom is -0.358 e. The first-order chi connectivity index (χ1) is 7.15. The lowest BCUT2D eigenvalue weighted by molar-refractivity contribution is -0.390. The van der Waals surface area contributed by atoms with Crippen LogP contribution in [-0.4, -0.2) is 14.7 Å². The number of hydrogen-bond donors (Lipinski definition) is 0. The van der Waals surface area contributed by atoms with Crippen molar-refractivity contribution in [3.63, 3.8) is 0 Å². The van der Waals surface area contributed by atoms with Gasteiger partial charge in [-0.15, -0.1) is 0 Å². The molecule has 15 heavy (non-hydrogen) atoms. The predicted octanol–water partition coefficient (Wildman–Crippen LogP) is 2.25. The summed E-state index contributed by atoms with van der Waals surface area (Å²) in [6.45, 7) is 0.591. The molecule has 7 heteroatoms. The zero-order chi connectivity index (χ0) is 11.3. The Morgan fingerprint density at radius 3 is 2.93 bits per heavy atom. The van der Waals surface area contributed by atoms with Crippen LogP contribution in [0.1, 0.15) is 19.3 Å². The Balaban J connectivity index is 2.53. The Morgan fingerprint density at radius 1 is 1.67 bits per heavy atom. The van der Waals surface area contributed by atoms with Gasteiger partial charge in [0.15, 0.2) is 0 Å². The van der Waals surface area contributed by atoms with Crippen LogP contribution in [0.3, 0.4) is 0 Å². The fraction of sp³-hybridized carbons (Fsp3) is 0.500. The summed E-state index contributed by atoms with van der Waals surface area (Å²) in [6.07, 6.45) is 3.65. The van der Waals surface area contributed by atoms with Crippen molar-refractivity contribution >= 4 is 21.7 Å². The molecule has 1 aromatic heterocycles. The molecule has 0 aliphatic heterocycles. The molecule has 6 nitrogen and oxygen atoms in total. The molecule has 0 unspecified atom stereocenters. The maximum atomic E-state index is 10.5.